The quantitative estimate of drug-likeness (QED) is 0.181. The van der Waals surface area contributed by atoms with Gasteiger partial charge in [0, 0.05) is 60.0 Å². The fourth-order valence-electron chi connectivity index (χ4n) is 9.25. The Kier molecular flexibility index (Phi) is 5.77. The van der Waals surface area contributed by atoms with Crippen LogP contribution in [0, 0.1) is 0 Å². The average Bonchev–Trinajstić information content (AvgIpc) is 3.94. The maximum atomic E-state index is 2.61. The van der Waals surface area contributed by atoms with Crippen LogP contribution in [-0.2, 0) is 0 Å². The van der Waals surface area contributed by atoms with Crippen LogP contribution in [0.4, 0.5) is 11.4 Å². The second-order valence-corrected chi connectivity index (χ2v) is 15.1. The number of fused-ring (bicyclic) bond motifs is 13. The van der Waals surface area contributed by atoms with E-state index in [1.807, 2.05) is 11.3 Å². The number of hydrogen-bond donors (Lipinski definition) is 0. The van der Waals surface area contributed by atoms with Gasteiger partial charge in [-0.1, -0.05) is 109 Å². The first-order valence-corrected chi connectivity index (χ1v) is 18.8. The van der Waals surface area contributed by atoms with Crippen LogP contribution in [0.1, 0.15) is 11.5 Å². The van der Waals surface area contributed by atoms with Gasteiger partial charge in [0.15, 0.2) is 0 Å². The lowest BCUT2D eigenvalue weighted by molar-refractivity contribution is 0.743. The van der Waals surface area contributed by atoms with Crippen molar-refractivity contribution in [2.45, 2.75) is 12.0 Å². The monoisotopic (exact) mass is 681 g/mol. The first-order chi connectivity index (χ1) is 25.8. The molecule has 2 atom stereocenters. The van der Waals surface area contributed by atoms with E-state index in [1.165, 1.54) is 92.1 Å². The Morgan fingerprint density at radius 3 is 1.67 bits per heavy atom. The molecule has 0 bridgehead atoms. The standard InChI is InChI=1S/C48H31N3S/c1-2-12-30(13-3-1)51-45-29-32(50-43-20-10-6-16-35(43)36-17-7-11-21-44(36)50)22-24-37(45)38-25-26-39-40-28-31(23-27-46(40)52-48(39)47(38)51)49-41-18-8-4-14-33(41)34-15-5-9-19-42(34)49/h1-29,37,45H. The molecule has 2 aliphatic rings. The summed E-state index contributed by atoms with van der Waals surface area (Å²) in [5.74, 6) is 0.245. The number of benzene rings is 7. The van der Waals surface area contributed by atoms with Gasteiger partial charge < -0.3 is 14.0 Å². The fraction of sp³-hybridized carbons (Fsp3) is 0.0417. The fourth-order valence-corrected chi connectivity index (χ4v) is 10.5. The average molecular weight is 682 g/mol. The van der Waals surface area contributed by atoms with Crippen LogP contribution in [0.2, 0.25) is 0 Å². The highest BCUT2D eigenvalue weighted by Crippen LogP contribution is 2.54. The second-order valence-electron chi connectivity index (χ2n) is 14.1. The summed E-state index contributed by atoms with van der Waals surface area (Å²) in [6, 6.07) is 58.1. The molecule has 1 aliphatic heterocycles. The molecule has 3 nitrogen and oxygen atoms in total. The maximum Gasteiger partial charge on any atom is 0.0650 e. The molecule has 52 heavy (non-hydrogen) atoms. The minimum atomic E-state index is 0.140. The number of thiophene rings is 1. The van der Waals surface area contributed by atoms with Gasteiger partial charge in [-0.2, -0.15) is 0 Å². The Morgan fingerprint density at radius 2 is 1.04 bits per heavy atom. The number of anilines is 2. The van der Waals surface area contributed by atoms with E-state index in [0.717, 1.165) is 0 Å². The topological polar surface area (TPSA) is 13.1 Å². The molecule has 0 saturated heterocycles. The molecule has 7 aromatic carbocycles. The van der Waals surface area contributed by atoms with Crippen molar-refractivity contribution in [3.05, 3.63) is 182 Å². The van der Waals surface area contributed by atoms with Gasteiger partial charge in [0.1, 0.15) is 0 Å². The van der Waals surface area contributed by atoms with Crippen LogP contribution in [0.15, 0.2) is 176 Å². The number of hydrogen-bond acceptors (Lipinski definition) is 2. The highest BCUT2D eigenvalue weighted by Gasteiger charge is 2.40. The number of nitrogens with zero attached hydrogens (tertiary/aromatic N) is 3. The molecule has 3 aromatic heterocycles. The highest BCUT2D eigenvalue weighted by molar-refractivity contribution is 7.26. The van der Waals surface area contributed by atoms with E-state index >= 15 is 0 Å². The summed E-state index contributed by atoms with van der Waals surface area (Å²) >= 11 is 1.93. The van der Waals surface area contributed by atoms with Crippen LogP contribution in [0.3, 0.4) is 0 Å². The minimum Gasteiger partial charge on any atom is -0.332 e. The second kappa shape index (κ2) is 10.6. The number of allylic oxidation sites excluding steroid dienone is 2. The number of para-hydroxylation sites is 5. The van der Waals surface area contributed by atoms with Crippen molar-refractivity contribution >= 4 is 92.2 Å². The van der Waals surface area contributed by atoms with Gasteiger partial charge in [0.25, 0.3) is 0 Å². The van der Waals surface area contributed by atoms with E-state index in [9.17, 15) is 0 Å². The Hall–Kier alpha value is -6.36. The third kappa shape index (κ3) is 3.79. The van der Waals surface area contributed by atoms with Gasteiger partial charge in [0.2, 0.25) is 0 Å². The first kappa shape index (κ1) is 28.3. The molecular weight excluding hydrogens is 651 g/mol. The molecule has 4 heteroatoms. The molecule has 0 saturated carbocycles. The summed E-state index contributed by atoms with van der Waals surface area (Å²) in [5, 5.41) is 7.77. The molecule has 0 spiro atoms. The molecule has 244 valence electrons. The Labute approximate surface area is 304 Å². The third-order valence-electron chi connectivity index (χ3n) is 11.4. The van der Waals surface area contributed by atoms with Gasteiger partial charge in [-0.3, -0.25) is 0 Å². The van der Waals surface area contributed by atoms with E-state index in [1.54, 1.807) is 0 Å². The van der Waals surface area contributed by atoms with Crippen molar-refractivity contribution in [1.82, 2.24) is 9.13 Å². The summed E-state index contributed by atoms with van der Waals surface area (Å²) < 4.78 is 7.55. The Morgan fingerprint density at radius 1 is 0.462 bits per heavy atom. The molecule has 1 aliphatic carbocycles. The largest absolute Gasteiger partial charge is 0.332 e. The lowest BCUT2D eigenvalue weighted by Crippen LogP contribution is -2.29. The predicted molar refractivity (Wildman–Crippen MR) is 222 cm³/mol. The first-order valence-electron chi connectivity index (χ1n) is 18.0. The molecule has 12 rings (SSSR count). The summed E-state index contributed by atoms with van der Waals surface area (Å²) in [7, 11) is 0. The SMILES string of the molecule is C1=CC2c3ccc4c(sc5ccc(-n6c7ccccc7c7ccccc76)cc54)c3N(c3ccccc3)C2C=C1n1c2ccccc2c2ccccc21. The normalized spacial score (nSPS) is 16.8. The van der Waals surface area contributed by atoms with E-state index in [2.05, 4.69) is 190 Å². The molecule has 0 N–H and O–H groups in total. The van der Waals surface area contributed by atoms with Crippen LogP contribution >= 0.6 is 11.3 Å². The molecule has 0 amide bonds. The zero-order chi connectivity index (χ0) is 33.9. The van der Waals surface area contributed by atoms with E-state index < -0.39 is 0 Å². The maximum absolute atomic E-state index is 2.61. The van der Waals surface area contributed by atoms with Crippen molar-refractivity contribution in [3.8, 4) is 5.69 Å². The van der Waals surface area contributed by atoms with Gasteiger partial charge in [0.05, 0.1) is 38.5 Å². The number of rotatable bonds is 3. The summed E-state index contributed by atoms with van der Waals surface area (Å²) in [5.41, 5.74) is 11.3. The van der Waals surface area contributed by atoms with Crippen molar-refractivity contribution in [2.75, 3.05) is 4.90 Å². The van der Waals surface area contributed by atoms with Gasteiger partial charge >= 0.3 is 0 Å². The predicted octanol–water partition coefficient (Wildman–Crippen LogP) is 13.0. The zero-order valence-corrected chi connectivity index (χ0v) is 29.0. The van der Waals surface area contributed by atoms with E-state index in [4.69, 9.17) is 0 Å². The number of aromatic nitrogens is 2. The van der Waals surface area contributed by atoms with Gasteiger partial charge in [-0.05, 0) is 72.3 Å². The smallest absolute Gasteiger partial charge is 0.0650 e. The van der Waals surface area contributed by atoms with Crippen LogP contribution in [0.5, 0.6) is 0 Å². The van der Waals surface area contributed by atoms with E-state index in [-0.39, 0.29) is 12.0 Å². The lowest BCUT2D eigenvalue weighted by Gasteiger charge is -2.30. The Balaban J connectivity index is 1.07. The van der Waals surface area contributed by atoms with Crippen molar-refractivity contribution in [3.63, 3.8) is 0 Å². The van der Waals surface area contributed by atoms with Crippen molar-refractivity contribution in [1.29, 1.82) is 0 Å². The zero-order valence-electron chi connectivity index (χ0n) is 28.1. The Bertz CT molecular complexity index is 3050. The highest BCUT2D eigenvalue weighted by atomic mass is 32.1. The summed E-state index contributed by atoms with van der Waals surface area (Å²) in [6.07, 6.45) is 7.31. The molecule has 0 radical (unpaired) electrons. The molecule has 4 heterocycles. The molecular formula is C48H31N3S. The van der Waals surface area contributed by atoms with Crippen LogP contribution in [0.25, 0.3) is 75.2 Å². The molecule has 0 fully saturated rings. The van der Waals surface area contributed by atoms with Crippen molar-refractivity contribution < 1.29 is 0 Å². The lowest BCUT2D eigenvalue weighted by atomic mass is 9.90. The summed E-state index contributed by atoms with van der Waals surface area (Å²) in [6.45, 7) is 0. The van der Waals surface area contributed by atoms with E-state index in [0.29, 0.717) is 0 Å². The van der Waals surface area contributed by atoms with Gasteiger partial charge in [-0.15, -0.1) is 11.3 Å². The van der Waals surface area contributed by atoms with Crippen LogP contribution in [-0.4, -0.2) is 15.2 Å². The summed E-state index contributed by atoms with van der Waals surface area (Å²) in [4.78, 5) is 2.61. The molecule has 10 aromatic rings. The van der Waals surface area contributed by atoms with Crippen LogP contribution < -0.4 is 4.90 Å². The minimum absolute atomic E-state index is 0.140. The molecule has 2 unspecified atom stereocenters. The van der Waals surface area contributed by atoms with Gasteiger partial charge in [-0.25, -0.2) is 0 Å². The van der Waals surface area contributed by atoms with Crippen molar-refractivity contribution in [2.24, 2.45) is 0 Å². The third-order valence-corrected chi connectivity index (χ3v) is 12.6.